The number of hydrogen-bond acceptors (Lipinski definition) is 3. The summed E-state index contributed by atoms with van der Waals surface area (Å²) in [6, 6.07) is 13.4. The van der Waals surface area contributed by atoms with Crippen LogP contribution in [-0.4, -0.2) is 32.3 Å². The van der Waals surface area contributed by atoms with Crippen LogP contribution in [0, 0.1) is 5.82 Å². The van der Waals surface area contributed by atoms with E-state index in [4.69, 9.17) is 4.74 Å². The van der Waals surface area contributed by atoms with Gasteiger partial charge in [-0.3, -0.25) is 0 Å². The molecule has 0 unspecified atom stereocenters. The van der Waals surface area contributed by atoms with Crippen LogP contribution in [-0.2, 0) is 0 Å². The molecular weight excluding hydrogens is 279 g/mol. The lowest BCUT2D eigenvalue weighted by Gasteiger charge is -2.36. The van der Waals surface area contributed by atoms with Gasteiger partial charge in [0.1, 0.15) is 11.6 Å². The van der Waals surface area contributed by atoms with Gasteiger partial charge in [0.2, 0.25) is 0 Å². The fourth-order valence-corrected chi connectivity index (χ4v) is 3.36. The van der Waals surface area contributed by atoms with Crippen molar-refractivity contribution in [3.63, 3.8) is 0 Å². The predicted octanol–water partition coefficient (Wildman–Crippen LogP) is 3.05. The van der Waals surface area contributed by atoms with Crippen molar-refractivity contribution in [1.82, 2.24) is 5.32 Å². The van der Waals surface area contributed by atoms with E-state index in [1.807, 2.05) is 12.1 Å². The van der Waals surface area contributed by atoms with Gasteiger partial charge < -0.3 is 15.0 Å². The Morgan fingerprint density at radius 1 is 1.14 bits per heavy atom. The van der Waals surface area contributed by atoms with Crippen LogP contribution in [0.4, 0.5) is 10.1 Å². The molecule has 0 saturated carbocycles. The summed E-state index contributed by atoms with van der Waals surface area (Å²) in [4.78, 5) is 2.44. The summed E-state index contributed by atoms with van der Waals surface area (Å²) in [6.45, 7) is 3.73. The van der Waals surface area contributed by atoms with Gasteiger partial charge in [-0.2, -0.15) is 0 Å². The van der Waals surface area contributed by atoms with Crippen LogP contribution in [0.1, 0.15) is 6.42 Å². The van der Waals surface area contributed by atoms with Crippen LogP contribution in [0.2, 0.25) is 0 Å². The molecule has 2 aromatic rings. The van der Waals surface area contributed by atoms with E-state index in [9.17, 15) is 4.39 Å². The summed E-state index contributed by atoms with van der Waals surface area (Å²) in [6.07, 6.45) is 1.02. The number of benzene rings is 2. The Kier molecular flexibility index (Phi) is 3.47. The Hall–Kier alpha value is -2.07. The molecule has 2 heterocycles. The number of nitrogens with one attached hydrogen (secondary N) is 1. The Labute approximate surface area is 129 Å². The molecule has 22 heavy (non-hydrogen) atoms. The van der Waals surface area contributed by atoms with Crippen molar-refractivity contribution in [3.8, 4) is 16.9 Å². The molecule has 4 heteroatoms. The zero-order valence-corrected chi connectivity index (χ0v) is 12.4. The molecule has 0 amide bonds. The molecule has 1 atom stereocenters. The van der Waals surface area contributed by atoms with Crippen molar-refractivity contribution >= 4 is 5.69 Å². The van der Waals surface area contributed by atoms with E-state index in [0.29, 0.717) is 6.04 Å². The fraction of sp³-hybridized carbons (Fsp3) is 0.333. The van der Waals surface area contributed by atoms with Gasteiger partial charge >= 0.3 is 0 Å². The average molecular weight is 298 g/mol. The molecule has 0 bridgehead atoms. The zero-order valence-electron chi connectivity index (χ0n) is 12.4. The summed E-state index contributed by atoms with van der Waals surface area (Å²) in [5, 5.41) is 3.45. The van der Waals surface area contributed by atoms with Crippen molar-refractivity contribution in [3.05, 3.63) is 48.3 Å². The number of ether oxygens (including phenoxy) is 1. The first-order valence-corrected chi connectivity index (χ1v) is 7.81. The first kappa shape index (κ1) is 13.6. The zero-order chi connectivity index (χ0) is 14.9. The number of hydrogen-bond donors (Lipinski definition) is 1. The molecule has 114 valence electrons. The first-order chi connectivity index (χ1) is 10.8. The minimum atomic E-state index is -0.212. The molecule has 0 aromatic heterocycles. The van der Waals surface area contributed by atoms with Crippen molar-refractivity contribution in [1.29, 1.82) is 0 Å². The standard InChI is InChI=1S/C18H19FN2O/c19-15-3-1-2-13(10-15)14-4-5-17-18(11-14)22-9-6-16-12-20-7-8-21(16)17/h1-5,10-11,16,20H,6-9,12H2/t16-/m0/s1. The number of nitrogens with zero attached hydrogens (tertiary/aromatic N) is 1. The first-order valence-electron chi connectivity index (χ1n) is 7.81. The van der Waals surface area contributed by atoms with Crippen LogP contribution in [0.5, 0.6) is 5.75 Å². The lowest BCUT2D eigenvalue weighted by molar-refractivity contribution is 0.304. The third-order valence-corrected chi connectivity index (χ3v) is 4.49. The highest BCUT2D eigenvalue weighted by Crippen LogP contribution is 2.37. The van der Waals surface area contributed by atoms with Gasteiger partial charge in [0.05, 0.1) is 12.3 Å². The van der Waals surface area contributed by atoms with E-state index in [1.165, 1.54) is 6.07 Å². The second kappa shape index (κ2) is 5.61. The Morgan fingerprint density at radius 2 is 2.05 bits per heavy atom. The van der Waals surface area contributed by atoms with Crippen LogP contribution in [0.25, 0.3) is 11.1 Å². The number of piperazine rings is 1. The van der Waals surface area contributed by atoms with Gasteiger partial charge in [-0.15, -0.1) is 0 Å². The highest BCUT2D eigenvalue weighted by atomic mass is 19.1. The quantitative estimate of drug-likeness (QED) is 0.876. The van der Waals surface area contributed by atoms with Crippen LogP contribution in [0.15, 0.2) is 42.5 Å². The number of fused-ring (bicyclic) bond motifs is 3. The van der Waals surface area contributed by atoms with Gasteiger partial charge in [-0.25, -0.2) is 4.39 Å². The summed E-state index contributed by atoms with van der Waals surface area (Å²) < 4.78 is 19.4. The normalized spacial score (nSPS) is 20.6. The van der Waals surface area contributed by atoms with E-state index >= 15 is 0 Å². The smallest absolute Gasteiger partial charge is 0.143 e. The minimum absolute atomic E-state index is 0.212. The number of anilines is 1. The average Bonchev–Trinajstić information content (AvgIpc) is 2.73. The maximum atomic E-state index is 13.4. The topological polar surface area (TPSA) is 24.5 Å². The van der Waals surface area contributed by atoms with Crippen molar-refractivity contribution < 1.29 is 9.13 Å². The third-order valence-electron chi connectivity index (χ3n) is 4.49. The highest BCUT2D eigenvalue weighted by Gasteiger charge is 2.27. The molecule has 0 spiro atoms. The van der Waals surface area contributed by atoms with E-state index in [2.05, 4.69) is 22.3 Å². The summed E-state index contributed by atoms with van der Waals surface area (Å²) >= 11 is 0. The van der Waals surface area contributed by atoms with Gasteiger partial charge in [0, 0.05) is 32.1 Å². The lowest BCUT2D eigenvalue weighted by atomic mass is 10.0. The molecule has 2 aliphatic rings. The van der Waals surface area contributed by atoms with E-state index in [-0.39, 0.29) is 5.82 Å². The Balaban J connectivity index is 1.73. The highest BCUT2D eigenvalue weighted by molar-refractivity contribution is 5.72. The second-order valence-corrected chi connectivity index (χ2v) is 5.88. The molecule has 1 N–H and O–H groups in total. The van der Waals surface area contributed by atoms with Crippen LogP contribution in [0.3, 0.4) is 0 Å². The molecule has 3 nitrogen and oxygen atoms in total. The van der Waals surface area contributed by atoms with Gasteiger partial charge in [-0.1, -0.05) is 18.2 Å². The third kappa shape index (κ3) is 2.44. The van der Waals surface area contributed by atoms with Crippen molar-refractivity contribution in [2.24, 2.45) is 0 Å². The molecular formula is C18H19FN2O. The van der Waals surface area contributed by atoms with Crippen molar-refractivity contribution in [2.75, 3.05) is 31.1 Å². The summed E-state index contributed by atoms with van der Waals surface area (Å²) in [7, 11) is 0. The number of halogens is 1. The maximum absolute atomic E-state index is 13.4. The second-order valence-electron chi connectivity index (χ2n) is 5.88. The molecule has 1 fully saturated rings. The van der Waals surface area contributed by atoms with Crippen molar-refractivity contribution in [2.45, 2.75) is 12.5 Å². The predicted molar refractivity (Wildman–Crippen MR) is 86.0 cm³/mol. The fourth-order valence-electron chi connectivity index (χ4n) is 3.36. The maximum Gasteiger partial charge on any atom is 0.143 e. The van der Waals surface area contributed by atoms with E-state index in [1.54, 1.807) is 12.1 Å². The molecule has 0 aliphatic carbocycles. The number of rotatable bonds is 1. The molecule has 4 rings (SSSR count). The summed E-state index contributed by atoms with van der Waals surface area (Å²) in [5.41, 5.74) is 3.03. The van der Waals surface area contributed by atoms with Gasteiger partial charge in [0.15, 0.2) is 0 Å². The van der Waals surface area contributed by atoms with Gasteiger partial charge in [-0.05, 0) is 35.4 Å². The van der Waals surface area contributed by atoms with Crippen LogP contribution < -0.4 is 15.0 Å². The molecule has 2 aromatic carbocycles. The van der Waals surface area contributed by atoms with Gasteiger partial charge in [0.25, 0.3) is 0 Å². The van der Waals surface area contributed by atoms with Crippen LogP contribution >= 0.6 is 0 Å². The lowest BCUT2D eigenvalue weighted by Crippen LogP contribution is -2.51. The largest absolute Gasteiger partial charge is 0.491 e. The Morgan fingerprint density at radius 3 is 2.95 bits per heavy atom. The van der Waals surface area contributed by atoms with E-state index in [0.717, 1.165) is 55.2 Å². The summed E-state index contributed by atoms with van der Waals surface area (Å²) in [5.74, 6) is 0.696. The molecule has 2 aliphatic heterocycles. The monoisotopic (exact) mass is 298 g/mol. The molecule has 1 saturated heterocycles. The SMILES string of the molecule is Fc1cccc(-c2ccc3c(c2)OCC[C@H]2CNCCN32)c1. The Bertz CT molecular complexity index is 689. The van der Waals surface area contributed by atoms with E-state index < -0.39 is 0 Å². The minimum Gasteiger partial charge on any atom is -0.491 e. The molecule has 0 radical (unpaired) electrons.